The fourth-order valence-corrected chi connectivity index (χ4v) is 4.82. The monoisotopic (exact) mass is 468 g/mol. The van der Waals surface area contributed by atoms with E-state index in [1.54, 1.807) is 13.0 Å². The van der Waals surface area contributed by atoms with E-state index in [9.17, 15) is 4.79 Å². The fraction of sp³-hybridized carbons (Fsp3) is 0.320. The number of aryl methyl sites for hydroxylation is 2. The van der Waals surface area contributed by atoms with Crippen molar-refractivity contribution in [1.82, 2.24) is 15.3 Å². The minimum absolute atomic E-state index is 0.0432. The van der Waals surface area contributed by atoms with Gasteiger partial charge in [0, 0.05) is 17.5 Å². The van der Waals surface area contributed by atoms with Gasteiger partial charge in [0.1, 0.15) is 5.82 Å². The standard InChI is InChI=1S/C25H26Cl2N4O/c1-4-20-24(18-11-10-16(26)13-19(18)27)29-21(5-2)25(30-20)31-23-17-9-7-6-8-15(17)12-22(23)28-14(3)32/h6-11,13,22-23H,4-5,12H2,1-3H3,(H,28,32)(H,30,31)/t22-,23-/m0/s1. The van der Waals surface area contributed by atoms with Gasteiger partial charge >= 0.3 is 0 Å². The Labute approximate surface area is 198 Å². The third-order valence-corrected chi connectivity index (χ3v) is 6.36. The average molecular weight is 469 g/mol. The number of nitrogens with one attached hydrogen (secondary N) is 2. The Morgan fingerprint density at radius 3 is 2.50 bits per heavy atom. The summed E-state index contributed by atoms with van der Waals surface area (Å²) in [5, 5.41) is 7.84. The van der Waals surface area contributed by atoms with Crippen LogP contribution in [-0.4, -0.2) is 21.9 Å². The van der Waals surface area contributed by atoms with Gasteiger partial charge in [0.2, 0.25) is 5.91 Å². The van der Waals surface area contributed by atoms with E-state index in [1.807, 2.05) is 24.3 Å². The van der Waals surface area contributed by atoms with Gasteiger partial charge in [0.05, 0.1) is 34.2 Å². The molecular formula is C25H26Cl2N4O. The van der Waals surface area contributed by atoms with Gasteiger partial charge in [-0.3, -0.25) is 4.79 Å². The first-order valence-corrected chi connectivity index (χ1v) is 11.6. The maximum absolute atomic E-state index is 11.8. The van der Waals surface area contributed by atoms with E-state index in [0.29, 0.717) is 22.9 Å². The molecular weight excluding hydrogens is 443 g/mol. The summed E-state index contributed by atoms with van der Waals surface area (Å²) in [5.74, 6) is 0.702. The van der Waals surface area contributed by atoms with Crippen LogP contribution in [-0.2, 0) is 24.1 Å². The van der Waals surface area contributed by atoms with E-state index in [1.165, 1.54) is 11.1 Å². The molecule has 0 bridgehead atoms. The molecule has 7 heteroatoms. The Kier molecular flexibility index (Phi) is 6.68. The maximum Gasteiger partial charge on any atom is 0.217 e. The SMILES string of the molecule is CCc1nc(-c2ccc(Cl)cc2Cl)c(CC)nc1N[C@H]1c2ccccc2C[C@@H]1NC(C)=O. The minimum atomic E-state index is -0.0793. The fourth-order valence-electron chi connectivity index (χ4n) is 4.33. The maximum atomic E-state index is 11.8. The highest BCUT2D eigenvalue weighted by molar-refractivity contribution is 6.36. The number of hydrogen-bond acceptors (Lipinski definition) is 4. The van der Waals surface area contributed by atoms with Crippen LogP contribution in [0.5, 0.6) is 0 Å². The quantitative estimate of drug-likeness (QED) is 0.480. The number of halogens is 2. The highest BCUT2D eigenvalue weighted by Gasteiger charge is 2.33. The molecule has 32 heavy (non-hydrogen) atoms. The molecule has 3 aromatic rings. The topological polar surface area (TPSA) is 66.9 Å². The Balaban J connectivity index is 1.75. The summed E-state index contributed by atoms with van der Waals surface area (Å²) in [7, 11) is 0. The molecule has 0 spiro atoms. The molecule has 166 valence electrons. The first-order chi connectivity index (χ1) is 15.4. The van der Waals surface area contributed by atoms with Crippen molar-refractivity contribution in [3.63, 3.8) is 0 Å². The number of carbonyl (C=O) groups is 1. The lowest BCUT2D eigenvalue weighted by atomic mass is 10.1. The smallest absolute Gasteiger partial charge is 0.217 e. The first kappa shape index (κ1) is 22.6. The molecule has 0 saturated carbocycles. The van der Waals surface area contributed by atoms with E-state index < -0.39 is 0 Å². The van der Waals surface area contributed by atoms with Gasteiger partial charge in [-0.2, -0.15) is 0 Å². The molecule has 0 aliphatic heterocycles. The van der Waals surface area contributed by atoms with Crippen molar-refractivity contribution in [1.29, 1.82) is 0 Å². The number of anilines is 1. The molecule has 2 N–H and O–H groups in total. The minimum Gasteiger partial charge on any atom is -0.360 e. The van der Waals surface area contributed by atoms with Crippen molar-refractivity contribution >= 4 is 34.9 Å². The lowest BCUT2D eigenvalue weighted by molar-refractivity contribution is -0.119. The summed E-state index contributed by atoms with van der Waals surface area (Å²) in [5.41, 5.74) is 5.73. The van der Waals surface area contributed by atoms with E-state index in [2.05, 4.69) is 36.6 Å². The molecule has 0 saturated heterocycles. The van der Waals surface area contributed by atoms with Crippen LogP contribution in [0.2, 0.25) is 10.0 Å². The second kappa shape index (κ2) is 9.47. The number of nitrogens with zero attached hydrogens (tertiary/aromatic N) is 2. The van der Waals surface area contributed by atoms with Gasteiger partial charge in [-0.1, -0.05) is 61.3 Å². The van der Waals surface area contributed by atoms with Gasteiger partial charge in [-0.15, -0.1) is 0 Å². The number of benzene rings is 2. The molecule has 2 aromatic carbocycles. The number of fused-ring (bicyclic) bond motifs is 1. The van der Waals surface area contributed by atoms with Crippen molar-refractivity contribution < 1.29 is 4.79 Å². The van der Waals surface area contributed by atoms with Gasteiger partial charge in [-0.05, 0) is 48.6 Å². The predicted octanol–water partition coefficient (Wildman–Crippen LogP) is 5.79. The van der Waals surface area contributed by atoms with Crippen LogP contribution in [0.15, 0.2) is 42.5 Å². The lowest BCUT2D eigenvalue weighted by Gasteiger charge is -2.25. The molecule has 4 rings (SSSR count). The highest BCUT2D eigenvalue weighted by atomic mass is 35.5. The van der Waals surface area contributed by atoms with Gasteiger partial charge in [0.15, 0.2) is 0 Å². The zero-order valence-electron chi connectivity index (χ0n) is 18.4. The van der Waals surface area contributed by atoms with Crippen LogP contribution in [0.3, 0.4) is 0 Å². The molecule has 1 heterocycles. The normalized spacial score (nSPS) is 17.2. The number of rotatable bonds is 6. The molecule has 1 amide bonds. The third-order valence-electron chi connectivity index (χ3n) is 5.81. The summed E-state index contributed by atoms with van der Waals surface area (Å²) in [6, 6.07) is 13.6. The summed E-state index contributed by atoms with van der Waals surface area (Å²) in [6.07, 6.45) is 2.19. The van der Waals surface area contributed by atoms with Crippen molar-refractivity contribution in [3.05, 3.63) is 75.0 Å². The molecule has 5 nitrogen and oxygen atoms in total. The Hall–Kier alpha value is -2.63. The van der Waals surface area contributed by atoms with Crippen LogP contribution < -0.4 is 10.6 Å². The molecule has 1 aromatic heterocycles. The summed E-state index contributed by atoms with van der Waals surface area (Å²) < 4.78 is 0. The lowest BCUT2D eigenvalue weighted by Crippen LogP contribution is -2.39. The van der Waals surface area contributed by atoms with Gasteiger partial charge in [0.25, 0.3) is 0 Å². The Morgan fingerprint density at radius 1 is 1.06 bits per heavy atom. The largest absolute Gasteiger partial charge is 0.360 e. The van der Waals surface area contributed by atoms with Crippen LogP contribution >= 0.6 is 23.2 Å². The third kappa shape index (κ3) is 4.45. The van der Waals surface area contributed by atoms with Crippen LogP contribution in [0.4, 0.5) is 5.82 Å². The summed E-state index contributed by atoms with van der Waals surface area (Å²) in [6.45, 7) is 5.66. The van der Waals surface area contributed by atoms with Crippen molar-refractivity contribution in [3.8, 4) is 11.3 Å². The highest BCUT2D eigenvalue weighted by Crippen LogP contribution is 2.36. The number of aromatic nitrogens is 2. The molecule has 0 fully saturated rings. The van der Waals surface area contributed by atoms with E-state index >= 15 is 0 Å². The molecule has 1 aliphatic carbocycles. The van der Waals surface area contributed by atoms with E-state index in [0.717, 1.165) is 34.9 Å². The van der Waals surface area contributed by atoms with Crippen molar-refractivity contribution in [2.24, 2.45) is 0 Å². The van der Waals surface area contributed by atoms with E-state index in [4.69, 9.17) is 33.2 Å². The van der Waals surface area contributed by atoms with Crippen molar-refractivity contribution in [2.75, 3.05) is 5.32 Å². The molecule has 1 aliphatic rings. The molecule has 2 atom stereocenters. The zero-order valence-corrected chi connectivity index (χ0v) is 19.9. The summed E-state index contributed by atoms with van der Waals surface area (Å²) in [4.78, 5) is 21.8. The zero-order chi connectivity index (χ0) is 22.8. The van der Waals surface area contributed by atoms with Gasteiger partial charge < -0.3 is 10.6 Å². The Morgan fingerprint density at radius 2 is 1.81 bits per heavy atom. The molecule has 0 unspecified atom stereocenters. The van der Waals surface area contributed by atoms with Crippen LogP contribution in [0.1, 0.15) is 49.3 Å². The Bertz CT molecular complexity index is 1160. The average Bonchev–Trinajstić information content (AvgIpc) is 3.10. The van der Waals surface area contributed by atoms with Crippen LogP contribution in [0.25, 0.3) is 11.3 Å². The van der Waals surface area contributed by atoms with Crippen molar-refractivity contribution in [2.45, 2.75) is 52.1 Å². The van der Waals surface area contributed by atoms with E-state index in [-0.39, 0.29) is 18.0 Å². The number of carbonyl (C=O) groups excluding carboxylic acids is 1. The number of hydrogen-bond donors (Lipinski definition) is 2. The van der Waals surface area contributed by atoms with Gasteiger partial charge in [-0.25, -0.2) is 9.97 Å². The molecule has 0 radical (unpaired) electrons. The van der Waals surface area contributed by atoms with Crippen LogP contribution in [0, 0.1) is 0 Å². The number of amides is 1. The predicted molar refractivity (Wildman–Crippen MR) is 130 cm³/mol. The second-order valence-corrected chi connectivity index (χ2v) is 8.82. The second-order valence-electron chi connectivity index (χ2n) is 7.98. The first-order valence-electron chi connectivity index (χ1n) is 10.9. The summed E-state index contributed by atoms with van der Waals surface area (Å²) >= 11 is 12.6.